The zero-order valence-electron chi connectivity index (χ0n) is 12.4. The van der Waals surface area contributed by atoms with Gasteiger partial charge in [0.25, 0.3) is 0 Å². The normalized spacial score (nSPS) is 17.3. The number of benzene rings is 1. The Bertz CT molecular complexity index is 704. The second kappa shape index (κ2) is 6.56. The number of rotatable bonds is 4. The minimum absolute atomic E-state index is 0.0834. The van der Waals surface area contributed by atoms with Crippen LogP contribution < -0.4 is 10.2 Å². The van der Waals surface area contributed by atoms with Gasteiger partial charge in [0.15, 0.2) is 0 Å². The quantitative estimate of drug-likeness (QED) is 0.937. The second-order valence-corrected chi connectivity index (χ2v) is 5.46. The van der Waals surface area contributed by atoms with Crippen LogP contribution >= 0.6 is 0 Å². The Hall–Kier alpha value is -2.76. The number of hydrogen-bond acceptors (Lipinski definition) is 3. The summed E-state index contributed by atoms with van der Waals surface area (Å²) in [4.78, 5) is 29.9. The number of amides is 2. The summed E-state index contributed by atoms with van der Waals surface area (Å²) in [6.45, 7) is 0.663. The number of anilines is 1. The second-order valence-electron chi connectivity index (χ2n) is 5.46. The minimum Gasteiger partial charge on any atom is -0.352 e. The number of pyridine rings is 1. The van der Waals surface area contributed by atoms with Crippen LogP contribution in [0.15, 0.2) is 48.8 Å². The SMILES string of the molecule is O=C(NCc1ccc(F)cc1)C1CC(=O)N(c2cccnc2)C1. The molecule has 1 aliphatic rings. The molecule has 1 N–H and O–H groups in total. The predicted molar refractivity (Wildman–Crippen MR) is 82.9 cm³/mol. The fraction of sp³-hybridized carbons (Fsp3) is 0.235. The molecule has 1 saturated heterocycles. The van der Waals surface area contributed by atoms with Gasteiger partial charge in [-0.3, -0.25) is 14.6 Å². The van der Waals surface area contributed by atoms with E-state index >= 15 is 0 Å². The van der Waals surface area contributed by atoms with Gasteiger partial charge < -0.3 is 10.2 Å². The first kappa shape index (κ1) is 15.1. The fourth-order valence-electron chi connectivity index (χ4n) is 2.58. The lowest BCUT2D eigenvalue weighted by atomic mass is 10.1. The summed E-state index contributed by atoms with van der Waals surface area (Å²) in [6.07, 6.45) is 3.43. The van der Waals surface area contributed by atoms with Gasteiger partial charge in [-0.25, -0.2) is 4.39 Å². The highest BCUT2D eigenvalue weighted by molar-refractivity contribution is 6.00. The van der Waals surface area contributed by atoms with Crippen LogP contribution in [0.1, 0.15) is 12.0 Å². The molecule has 0 bridgehead atoms. The van der Waals surface area contributed by atoms with E-state index in [1.54, 1.807) is 41.6 Å². The molecule has 0 spiro atoms. The van der Waals surface area contributed by atoms with Crippen molar-refractivity contribution < 1.29 is 14.0 Å². The predicted octanol–water partition coefficient (Wildman–Crippen LogP) is 1.89. The maximum Gasteiger partial charge on any atom is 0.227 e. The minimum atomic E-state index is -0.386. The van der Waals surface area contributed by atoms with Gasteiger partial charge in [-0.2, -0.15) is 0 Å². The van der Waals surface area contributed by atoms with Crippen LogP contribution in [0.5, 0.6) is 0 Å². The Morgan fingerprint density at radius 1 is 1.30 bits per heavy atom. The van der Waals surface area contributed by atoms with Gasteiger partial charge in [0.2, 0.25) is 11.8 Å². The molecule has 0 aliphatic carbocycles. The van der Waals surface area contributed by atoms with Crippen molar-refractivity contribution in [2.75, 3.05) is 11.4 Å². The summed E-state index contributed by atoms with van der Waals surface area (Å²) in [5.74, 6) is -0.953. The van der Waals surface area contributed by atoms with Crippen LogP contribution in [0.4, 0.5) is 10.1 Å². The maximum absolute atomic E-state index is 12.8. The number of carbonyl (C=O) groups excluding carboxylic acids is 2. The third-order valence-corrected chi connectivity index (χ3v) is 3.83. The van der Waals surface area contributed by atoms with Crippen LogP contribution in [-0.4, -0.2) is 23.3 Å². The van der Waals surface area contributed by atoms with Gasteiger partial charge >= 0.3 is 0 Å². The Kier molecular flexibility index (Phi) is 4.32. The molecule has 3 rings (SSSR count). The third-order valence-electron chi connectivity index (χ3n) is 3.83. The van der Waals surface area contributed by atoms with E-state index in [2.05, 4.69) is 10.3 Å². The number of nitrogens with one attached hydrogen (secondary N) is 1. The van der Waals surface area contributed by atoms with E-state index in [4.69, 9.17) is 0 Å². The van der Waals surface area contributed by atoms with Crippen LogP contribution in [0.2, 0.25) is 0 Å². The van der Waals surface area contributed by atoms with Crippen molar-refractivity contribution in [2.24, 2.45) is 5.92 Å². The smallest absolute Gasteiger partial charge is 0.227 e. The standard InChI is InChI=1S/C17H16FN3O2/c18-14-5-3-12(4-6-14)9-20-17(23)13-8-16(22)21(11-13)15-2-1-7-19-10-15/h1-7,10,13H,8-9,11H2,(H,20,23). The molecule has 5 nitrogen and oxygen atoms in total. The van der Waals surface area contributed by atoms with Crippen molar-refractivity contribution in [3.63, 3.8) is 0 Å². The Labute approximate surface area is 133 Å². The molecule has 1 aromatic carbocycles. The molecule has 0 radical (unpaired) electrons. The largest absolute Gasteiger partial charge is 0.352 e. The van der Waals surface area contributed by atoms with E-state index in [0.717, 1.165) is 5.56 Å². The number of halogens is 1. The monoisotopic (exact) mass is 313 g/mol. The summed E-state index contributed by atoms with van der Waals surface area (Å²) in [6, 6.07) is 9.50. The van der Waals surface area contributed by atoms with Crippen molar-refractivity contribution in [3.05, 3.63) is 60.2 Å². The Morgan fingerprint density at radius 2 is 2.09 bits per heavy atom. The lowest BCUT2D eigenvalue weighted by molar-refractivity contribution is -0.126. The summed E-state index contributed by atoms with van der Waals surface area (Å²) < 4.78 is 12.8. The van der Waals surface area contributed by atoms with E-state index in [0.29, 0.717) is 18.8 Å². The average molecular weight is 313 g/mol. The summed E-state index contributed by atoms with van der Waals surface area (Å²) in [5.41, 5.74) is 1.51. The molecule has 118 valence electrons. The first-order valence-corrected chi connectivity index (χ1v) is 7.36. The molecule has 1 fully saturated rings. The Morgan fingerprint density at radius 3 is 2.78 bits per heavy atom. The van der Waals surface area contributed by atoms with Crippen molar-refractivity contribution in [1.82, 2.24) is 10.3 Å². The molecule has 2 amide bonds. The summed E-state index contributed by atoms with van der Waals surface area (Å²) in [7, 11) is 0. The van der Waals surface area contributed by atoms with Crippen molar-refractivity contribution in [3.8, 4) is 0 Å². The molecule has 2 aromatic rings. The lowest BCUT2D eigenvalue weighted by Gasteiger charge is -2.16. The molecular weight excluding hydrogens is 297 g/mol. The maximum atomic E-state index is 12.8. The van der Waals surface area contributed by atoms with Gasteiger partial charge in [-0.05, 0) is 29.8 Å². The highest BCUT2D eigenvalue weighted by Crippen LogP contribution is 2.24. The van der Waals surface area contributed by atoms with E-state index in [9.17, 15) is 14.0 Å². The topological polar surface area (TPSA) is 62.3 Å². The fourth-order valence-corrected chi connectivity index (χ4v) is 2.58. The van der Waals surface area contributed by atoms with Crippen LogP contribution in [0.3, 0.4) is 0 Å². The van der Waals surface area contributed by atoms with E-state index in [1.165, 1.54) is 12.1 Å². The van der Waals surface area contributed by atoms with E-state index in [-0.39, 0.29) is 30.0 Å². The number of hydrogen-bond donors (Lipinski definition) is 1. The lowest BCUT2D eigenvalue weighted by Crippen LogP contribution is -2.32. The molecule has 2 heterocycles. The van der Waals surface area contributed by atoms with Gasteiger partial charge in [0.1, 0.15) is 5.82 Å². The molecule has 1 aromatic heterocycles. The summed E-state index contributed by atoms with van der Waals surface area (Å²) >= 11 is 0. The van der Waals surface area contributed by atoms with Gasteiger partial charge in [-0.15, -0.1) is 0 Å². The number of aromatic nitrogens is 1. The third kappa shape index (κ3) is 3.53. The zero-order chi connectivity index (χ0) is 16.2. The van der Waals surface area contributed by atoms with Gasteiger partial charge in [-0.1, -0.05) is 12.1 Å². The Balaban J connectivity index is 1.58. The van der Waals surface area contributed by atoms with Crippen molar-refractivity contribution in [2.45, 2.75) is 13.0 Å². The van der Waals surface area contributed by atoms with Crippen LogP contribution in [0, 0.1) is 11.7 Å². The van der Waals surface area contributed by atoms with E-state index in [1.807, 2.05) is 0 Å². The summed E-state index contributed by atoms with van der Waals surface area (Å²) in [5, 5.41) is 2.80. The van der Waals surface area contributed by atoms with Crippen molar-refractivity contribution >= 4 is 17.5 Å². The first-order chi connectivity index (χ1) is 11.1. The van der Waals surface area contributed by atoms with Crippen LogP contribution in [0.25, 0.3) is 0 Å². The molecule has 1 atom stereocenters. The first-order valence-electron chi connectivity index (χ1n) is 7.36. The molecule has 1 aliphatic heterocycles. The van der Waals surface area contributed by atoms with Crippen LogP contribution in [-0.2, 0) is 16.1 Å². The molecular formula is C17H16FN3O2. The van der Waals surface area contributed by atoms with Crippen molar-refractivity contribution in [1.29, 1.82) is 0 Å². The zero-order valence-corrected chi connectivity index (χ0v) is 12.4. The highest BCUT2D eigenvalue weighted by Gasteiger charge is 2.35. The highest BCUT2D eigenvalue weighted by atomic mass is 19.1. The average Bonchev–Trinajstić information content (AvgIpc) is 2.97. The molecule has 0 saturated carbocycles. The number of nitrogens with zero attached hydrogens (tertiary/aromatic N) is 2. The van der Waals surface area contributed by atoms with Gasteiger partial charge in [0, 0.05) is 25.7 Å². The van der Waals surface area contributed by atoms with Gasteiger partial charge in [0.05, 0.1) is 17.8 Å². The number of carbonyl (C=O) groups is 2. The molecule has 1 unspecified atom stereocenters. The van der Waals surface area contributed by atoms with E-state index < -0.39 is 0 Å². The molecule has 23 heavy (non-hydrogen) atoms. The molecule has 6 heteroatoms.